The molecule has 0 spiro atoms. The summed E-state index contributed by atoms with van der Waals surface area (Å²) in [5.41, 5.74) is 0.619. The van der Waals surface area contributed by atoms with Gasteiger partial charge in [0.2, 0.25) is 0 Å². The molecule has 0 aliphatic carbocycles. The zero-order valence-corrected chi connectivity index (χ0v) is 13.5. The highest BCUT2D eigenvalue weighted by Gasteiger charge is 2.29. The molecule has 3 rings (SSSR count). The number of rotatable bonds is 3. The lowest BCUT2D eigenvalue weighted by Crippen LogP contribution is -2.39. The molecule has 0 radical (unpaired) electrons. The van der Waals surface area contributed by atoms with Crippen LogP contribution in [0.3, 0.4) is 0 Å². The third kappa shape index (κ3) is 4.02. The maximum absolute atomic E-state index is 13.3. The van der Waals surface area contributed by atoms with Crippen molar-refractivity contribution in [1.82, 2.24) is 4.90 Å². The van der Waals surface area contributed by atoms with E-state index in [4.69, 9.17) is 0 Å². The van der Waals surface area contributed by atoms with Crippen LogP contribution in [0.5, 0.6) is 0 Å². The van der Waals surface area contributed by atoms with Gasteiger partial charge in [-0.15, -0.1) is 0 Å². The van der Waals surface area contributed by atoms with Gasteiger partial charge >= 0.3 is 0 Å². The standard InChI is InChI=1S/C19H18F3NO2/c20-15-3-1-12(2-4-15)18(24)13-5-7-23(8-6-13)19(25)14-9-16(21)11-17(22)10-14/h1-4,9-11,13,18,24H,5-8H2. The molecule has 132 valence electrons. The zero-order valence-electron chi connectivity index (χ0n) is 13.5. The molecule has 1 amide bonds. The van der Waals surface area contributed by atoms with Crippen molar-refractivity contribution in [3.8, 4) is 0 Å². The van der Waals surface area contributed by atoms with Crippen LogP contribution in [0.4, 0.5) is 13.2 Å². The maximum atomic E-state index is 13.3. The number of piperidine rings is 1. The number of carbonyl (C=O) groups excluding carboxylic acids is 1. The van der Waals surface area contributed by atoms with E-state index in [9.17, 15) is 23.1 Å². The minimum atomic E-state index is -0.787. The number of halogens is 3. The zero-order chi connectivity index (χ0) is 18.0. The van der Waals surface area contributed by atoms with Gasteiger partial charge in [-0.3, -0.25) is 4.79 Å². The van der Waals surface area contributed by atoms with Crippen LogP contribution in [0.2, 0.25) is 0 Å². The van der Waals surface area contributed by atoms with Crippen molar-refractivity contribution in [3.63, 3.8) is 0 Å². The summed E-state index contributed by atoms with van der Waals surface area (Å²) >= 11 is 0. The molecular formula is C19H18F3NO2. The monoisotopic (exact) mass is 349 g/mol. The Balaban J connectivity index is 1.63. The van der Waals surface area contributed by atoms with E-state index < -0.39 is 23.6 Å². The lowest BCUT2D eigenvalue weighted by Gasteiger charge is -2.34. The molecule has 0 aromatic heterocycles. The molecule has 1 aliphatic heterocycles. The van der Waals surface area contributed by atoms with E-state index >= 15 is 0 Å². The van der Waals surface area contributed by atoms with E-state index in [1.54, 1.807) is 12.1 Å². The number of hydrogen-bond donors (Lipinski definition) is 1. The lowest BCUT2D eigenvalue weighted by molar-refractivity contribution is 0.0461. The molecule has 1 N–H and O–H groups in total. The van der Waals surface area contributed by atoms with E-state index in [0.717, 1.165) is 18.2 Å². The SMILES string of the molecule is O=C(c1cc(F)cc(F)c1)N1CCC(C(O)c2ccc(F)cc2)CC1. The fraction of sp³-hybridized carbons (Fsp3) is 0.316. The predicted octanol–water partition coefficient (Wildman–Crippen LogP) is 3.69. The van der Waals surface area contributed by atoms with E-state index in [1.165, 1.54) is 17.0 Å². The van der Waals surface area contributed by atoms with Gasteiger partial charge in [-0.1, -0.05) is 12.1 Å². The Kier molecular flexibility index (Phi) is 5.08. The minimum Gasteiger partial charge on any atom is -0.388 e. The summed E-state index contributed by atoms with van der Waals surface area (Å²) in [7, 11) is 0. The first-order chi connectivity index (χ1) is 11.9. The summed E-state index contributed by atoms with van der Waals surface area (Å²) in [6.07, 6.45) is 0.383. The largest absolute Gasteiger partial charge is 0.388 e. The van der Waals surface area contributed by atoms with Gasteiger partial charge in [0.05, 0.1) is 6.10 Å². The number of benzene rings is 2. The minimum absolute atomic E-state index is 0.0185. The Morgan fingerprint density at radius 1 is 0.960 bits per heavy atom. The first-order valence-corrected chi connectivity index (χ1v) is 8.13. The molecular weight excluding hydrogens is 331 g/mol. The van der Waals surface area contributed by atoms with Crippen LogP contribution in [0, 0.1) is 23.4 Å². The second-order valence-corrected chi connectivity index (χ2v) is 6.28. The van der Waals surface area contributed by atoms with Crippen molar-refractivity contribution in [1.29, 1.82) is 0 Å². The molecule has 2 aromatic rings. The number of amides is 1. The van der Waals surface area contributed by atoms with Crippen molar-refractivity contribution in [2.75, 3.05) is 13.1 Å². The van der Waals surface area contributed by atoms with Crippen LogP contribution in [0.15, 0.2) is 42.5 Å². The molecule has 1 aliphatic rings. The molecule has 0 bridgehead atoms. The summed E-state index contributed by atoms with van der Waals surface area (Å²) in [5, 5.41) is 10.4. The Bertz CT molecular complexity index is 736. The van der Waals surface area contributed by atoms with E-state index in [1.807, 2.05) is 0 Å². The highest BCUT2D eigenvalue weighted by molar-refractivity contribution is 5.94. The Morgan fingerprint density at radius 3 is 2.08 bits per heavy atom. The van der Waals surface area contributed by atoms with Crippen LogP contribution in [-0.4, -0.2) is 29.0 Å². The predicted molar refractivity (Wildman–Crippen MR) is 86.3 cm³/mol. The molecule has 1 atom stereocenters. The second-order valence-electron chi connectivity index (χ2n) is 6.28. The van der Waals surface area contributed by atoms with Gasteiger partial charge < -0.3 is 10.0 Å². The number of carbonyl (C=O) groups is 1. The van der Waals surface area contributed by atoms with Crippen LogP contribution in [0.25, 0.3) is 0 Å². The fourth-order valence-electron chi connectivity index (χ4n) is 3.21. The molecule has 25 heavy (non-hydrogen) atoms. The summed E-state index contributed by atoms with van der Waals surface area (Å²) in [5.74, 6) is -2.42. The van der Waals surface area contributed by atoms with Crippen molar-refractivity contribution < 1.29 is 23.1 Å². The first kappa shape index (κ1) is 17.5. The molecule has 6 heteroatoms. The Hall–Kier alpha value is -2.34. The quantitative estimate of drug-likeness (QED) is 0.918. The molecule has 3 nitrogen and oxygen atoms in total. The first-order valence-electron chi connectivity index (χ1n) is 8.13. The van der Waals surface area contributed by atoms with Gasteiger partial charge in [0.15, 0.2) is 0 Å². The van der Waals surface area contributed by atoms with Crippen molar-refractivity contribution in [2.45, 2.75) is 18.9 Å². The number of hydrogen-bond acceptors (Lipinski definition) is 2. The van der Waals surface area contributed by atoms with Crippen molar-refractivity contribution in [2.24, 2.45) is 5.92 Å². The van der Waals surface area contributed by atoms with Crippen molar-refractivity contribution >= 4 is 5.91 Å². The number of likely N-dealkylation sites (tertiary alicyclic amines) is 1. The third-order valence-corrected chi connectivity index (χ3v) is 4.59. The van der Waals surface area contributed by atoms with Crippen LogP contribution >= 0.6 is 0 Å². The van der Waals surface area contributed by atoms with Gasteiger partial charge in [-0.05, 0) is 48.6 Å². The maximum Gasteiger partial charge on any atom is 0.254 e. The van der Waals surface area contributed by atoms with Gasteiger partial charge in [0.25, 0.3) is 5.91 Å². The number of aliphatic hydroxyl groups excluding tert-OH is 1. The summed E-state index contributed by atoms with van der Waals surface area (Å²) in [6, 6.07) is 8.46. The fourth-order valence-corrected chi connectivity index (χ4v) is 3.21. The topological polar surface area (TPSA) is 40.5 Å². The average Bonchev–Trinajstić information content (AvgIpc) is 2.60. The lowest BCUT2D eigenvalue weighted by atomic mass is 9.87. The Morgan fingerprint density at radius 2 is 1.52 bits per heavy atom. The molecule has 2 aromatic carbocycles. The van der Waals surface area contributed by atoms with Crippen LogP contribution < -0.4 is 0 Å². The summed E-state index contributed by atoms with van der Waals surface area (Å²) in [6.45, 7) is 0.778. The van der Waals surface area contributed by atoms with Crippen LogP contribution in [-0.2, 0) is 0 Å². The highest BCUT2D eigenvalue weighted by atomic mass is 19.1. The smallest absolute Gasteiger partial charge is 0.254 e. The second kappa shape index (κ2) is 7.27. The normalized spacial score (nSPS) is 16.7. The number of aliphatic hydroxyl groups is 1. The van der Waals surface area contributed by atoms with Crippen molar-refractivity contribution in [3.05, 3.63) is 71.0 Å². The van der Waals surface area contributed by atoms with Gasteiger partial charge in [-0.2, -0.15) is 0 Å². The third-order valence-electron chi connectivity index (χ3n) is 4.59. The summed E-state index contributed by atoms with van der Waals surface area (Å²) < 4.78 is 39.5. The number of nitrogens with zero attached hydrogens (tertiary/aromatic N) is 1. The summed E-state index contributed by atoms with van der Waals surface area (Å²) in [4.78, 5) is 13.9. The molecule has 1 saturated heterocycles. The molecule has 1 fully saturated rings. The van der Waals surface area contributed by atoms with Gasteiger partial charge in [-0.25, -0.2) is 13.2 Å². The Labute approximate surface area is 143 Å². The van der Waals surface area contributed by atoms with E-state index in [2.05, 4.69) is 0 Å². The molecule has 0 saturated carbocycles. The van der Waals surface area contributed by atoms with Gasteiger partial charge in [0.1, 0.15) is 17.5 Å². The van der Waals surface area contributed by atoms with Gasteiger partial charge in [0, 0.05) is 24.7 Å². The van der Waals surface area contributed by atoms with Crippen LogP contribution in [0.1, 0.15) is 34.9 Å². The van der Waals surface area contributed by atoms with E-state index in [-0.39, 0.29) is 17.3 Å². The average molecular weight is 349 g/mol. The highest BCUT2D eigenvalue weighted by Crippen LogP contribution is 2.31. The molecule has 1 unspecified atom stereocenters. The molecule has 1 heterocycles. The van der Waals surface area contributed by atoms with E-state index in [0.29, 0.717) is 31.5 Å².